The molecule has 48 heavy (non-hydrogen) atoms. The summed E-state index contributed by atoms with van der Waals surface area (Å²) < 4.78 is 26.7. The highest BCUT2D eigenvalue weighted by atomic mass is 79.9. The van der Waals surface area contributed by atoms with Crippen LogP contribution in [0.4, 0.5) is 0 Å². The Balaban J connectivity index is 1.25. The molecule has 0 saturated heterocycles. The Labute approximate surface area is 295 Å². The summed E-state index contributed by atoms with van der Waals surface area (Å²) in [4.78, 5) is 0. The summed E-state index contributed by atoms with van der Waals surface area (Å²) in [5.74, 6) is 2.90. The Morgan fingerprint density at radius 1 is 0.708 bits per heavy atom. The third kappa shape index (κ3) is 4.54. The SMILES string of the molecule is BrC1=CC2=C(c3ccccc3)c3cc(Br)c4n3[B@@-](c3ccccc3)(Oc3ccccc3-4)[N+]2=C1Oc1ccc(OCc2ccccc2)cc1. The number of allylic oxidation sites excluding steroid dienone is 1. The first-order valence-electron chi connectivity index (χ1n) is 15.8. The molecule has 8 heteroatoms. The van der Waals surface area contributed by atoms with Crippen LogP contribution in [0.3, 0.4) is 0 Å². The molecule has 1 atom stereocenters. The summed E-state index contributed by atoms with van der Waals surface area (Å²) >= 11 is 7.90. The highest BCUT2D eigenvalue weighted by Gasteiger charge is 2.60. The van der Waals surface area contributed by atoms with E-state index in [1.54, 1.807) is 0 Å². The number of halogens is 2. The third-order valence-corrected chi connectivity index (χ3v) is 10.3. The lowest BCUT2D eigenvalue weighted by molar-refractivity contribution is -0.356. The lowest BCUT2D eigenvalue weighted by Gasteiger charge is -2.47. The van der Waals surface area contributed by atoms with Crippen molar-refractivity contribution in [1.82, 2.24) is 4.48 Å². The van der Waals surface area contributed by atoms with Crippen molar-refractivity contribution >= 4 is 55.4 Å². The Bertz CT molecular complexity index is 2300. The Hall–Kier alpha value is -5.05. The van der Waals surface area contributed by atoms with Gasteiger partial charge in [0.1, 0.15) is 22.6 Å². The molecule has 0 unspecified atom stereocenters. The summed E-state index contributed by atoms with van der Waals surface area (Å²) in [7, 11) is 0. The largest absolute Gasteiger partial charge is 0.635 e. The molecule has 6 aromatic rings. The molecule has 0 spiro atoms. The smallest absolute Gasteiger partial charge is 0.600 e. The molecule has 0 radical (unpaired) electrons. The number of aromatic nitrogens is 1. The van der Waals surface area contributed by atoms with Crippen LogP contribution in [0.5, 0.6) is 17.2 Å². The van der Waals surface area contributed by atoms with E-state index >= 15 is 0 Å². The maximum Gasteiger partial charge on any atom is 0.600 e. The number of fused-ring (bicyclic) bond motifs is 4. The predicted molar refractivity (Wildman–Crippen MR) is 198 cm³/mol. The third-order valence-electron chi connectivity index (χ3n) is 9.16. The second-order valence-corrected chi connectivity index (χ2v) is 13.7. The summed E-state index contributed by atoms with van der Waals surface area (Å²) in [6, 6.07) is 49.4. The van der Waals surface area contributed by atoms with Gasteiger partial charge in [0.2, 0.25) is 0 Å². The van der Waals surface area contributed by atoms with Gasteiger partial charge in [-0.3, -0.25) is 0 Å². The van der Waals surface area contributed by atoms with E-state index in [2.05, 4.69) is 126 Å². The number of rotatable bonds is 6. The van der Waals surface area contributed by atoms with Crippen LogP contribution in [0, 0.1) is 0 Å². The van der Waals surface area contributed by atoms with Crippen molar-refractivity contribution in [3.8, 4) is 28.5 Å². The zero-order valence-electron chi connectivity index (χ0n) is 25.6. The van der Waals surface area contributed by atoms with Crippen molar-refractivity contribution in [2.75, 3.05) is 0 Å². The molecule has 0 amide bonds. The van der Waals surface area contributed by atoms with E-state index in [4.69, 9.17) is 14.1 Å². The maximum absolute atomic E-state index is 7.36. The lowest BCUT2D eigenvalue weighted by atomic mass is 9.54. The highest BCUT2D eigenvalue weighted by molar-refractivity contribution is 9.12. The fourth-order valence-electron chi connectivity index (χ4n) is 7.14. The van der Waals surface area contributed by atoms with Gasteiger partial charge in [-0.05, 0) is 85.5 Å². The van der Waals surface area contributed by atoms with E-state index in [0.717, 1.165) is 65.3 Å². The first-order valence-corrected chi connectivity index (χ1v) is 17.4. The number of nitrogens with zero attached hydrogens (tertiary/aromatic N) is 2. The zero-order valence-corrected chi connectivity index (χ0v) is 28.8. The molecule has 0 aliphatic carbocycles. The van der Waals surface area contributed by atoms with E-state index in [0.29, 0.717) is 18.3 Å². The molecule has 4 heterocycles. The van der Waals surface area contributed by atoms with Crippen LogP contribution in [0.25, 0.3) is 16.8 Å². The first-order chi connectivity index (χ1) is 23.6. The van der Waals surface area contributed by atoms with Crippen LogP contribution < -0.4 is 19.6 Å². The van der Waals surface area contributed by atoms with Crippen molar-refractivity contribution in [2.45, 2.75) is 6.61 Å². The van der Waals surface area contributed by atoms with E-state index in [-0.39, 0.29) is 0 Å². The number of hydrogen-bond acceptors (Lipinski definition) is 3. The topological polar surface area (TPSA) is 35.6 Å². The van der Waals surface area contributed by atoms with E-state index in [1.807, 2.05) is 66.7 Å². The van der Waals surface area contributed by atoms with Crippen LogP contribution in [0.2, 0.25) is 0 Å². The van der Waals surface area contributed by atoms with Gasteiger partial charge in [-0.1, -0.05) is 109 Å². The Morgan fingerprint density at radius 3 is 2.10 bits per heavy atom. The Morgan fingerprint density at radius 2 is 1.35 bits per heavy atom. The first kappa shape index (κ1) is 29.1. The minimum atomic E-state index is -2.15. The Kier molecular flexibility index (Phi) is 7.03. The fourth-order valence-corrected chi connectivity index (χ4v) is 8.25. The number of ether oxygens (including phenoxy) is 2. The second kappa shape index (κ2) is 11.6. The fraction of sp³-hybridized carbons (Fsp3) is 0.0250. The molecule has 9 rings (SSSR count). The quantitative estimate of drug-likeness (QED) is 0.159. The maximum atomic E-state index is 7.36. The van der Waals surface area contributed by atoms with Crippen molar-refractivity contribution in [3.05, 3.63) is 183 Å². The summed E-state index contributed by atoms with van der Waals surface area (Å²) in [6.07, 6.45) is 2.15. The molecule has 5 aromatic carbocycles. The van der Waals surface area contributed by atoms with Crippen molar-refractivity contribution in [1.29, 1.82) is 0 Å². The van der Waals surface area contributed by atoms with Crippen molar-refractivity contribution in [3.63, 3.8) is 0 Å². The molecule has 0 bridgehead atoms. The minimum Gasteiger partial charge on any atom is -0.635 e. The predicted octanol–water partition coefficient (Wildman–Crippen LogP) is 9.14. The molecule has 0 fully saturated rings. The summed E-state index contributed by atoms with van der Waals surface area (Å²) in [6.45, 7) is -1.66. The molecular weight excluding hydrogens is 727 g/mol. The monoisotopic (exact) mass is 752 g/mol. The molecule has 3 aliphatic rings. The van der Waals surface area contributed by atoms with Crippen LogP contribution in [0.15, 0.2) is 166 Å². The van der Waals surface area contributed by atoms with Gasteiger partial charge in [0, 0.05) is 27.5 Å². The molecule has 232 valence electrons. The number of benzene rings is 5. The standard InChI is InChI=1S/C40H27BBr2N2O3/c42-33-24-35-38(28-14-6-2-7-15-28)36-25-34(43)40(47-31-22-20-30(21-23-31)46-26-27-12-4-1-5-13-27)45(36)41(29-16-8-3-9-17-29)44(35)39(33)32-18-10-11-19-37(32)48-41/h1-25H,26H2/t41-/m1/s1. The average Bonchev–Trinajstić information content (AvgIpc) is 3.66. The van der Waals surface area contributed by atoms with Gasteiger partial charge >= 0.3 is 12.5 Å². The minimum absolute atomic E-state index is 0.495. The summed E-state index contributed by atoms with van der Waals surface area (Å²) in [5, 5.41) is 0. The number of para-hydroxylation sites is 1. The van der Waals surface area contributed by atoms with E-state index in [1.165, 1.54) is 0 Å². The van der Waals surface area contributed by atoms with Crippen LogP contribution >= 0.6 is 31.9 Å². The normalized spacial score (nSPS) is 17.2. The van der Waals surface area contributed by atoms with E-state index < -0.39 is 6.62 Å². The van der Waals surface area contributed by atoms with Crippen LogP contribution in [0.1, 0.15) is 16.8 Å². The van der Waals surface area contributed by atoms with Crippen LogP contribution in [-0.4, -0.2) is 21.5 Å². The number of hydrogen-bond donors (Lipinski definition) is 0. The lowest BCUT2D eigenvalue weighted by Crippen LogP contribution is -2.71. The molecule has 1 aromatic heterocycles. The van der Waals surface area contributed by atoms with Gasteiger partial charge in [0.05, 0.1) is 11.3 Å². The van der Waals surface area contributed by atoms with Crippen molar-refractivity contribution < 1.29 is 18.6 Å². The molecule has 3 aliphatic heterocycles. The molecule has 0 N–H and O–H groups in total. The van der Waals surface area contributed by atoms with Gasteiger partial charge < -0.3 is 23.1 Å². The zero-order chi connectivity index (χ0) is 32.2. The second-order valence-electron chi connectivity index (χ2n) is 12.0. The van der Waals surface area contributed by atoms with Gasteiger partial charge in [0.15, 0.2) is 5.70 Å². The van der Waals surface area contributed by atoms with Crippen LogP contribution in [-0.2, 0) is 6.61 Å². The van der Waals surface area contributed by atoms with Crippen molar-refractivity contribution in [2.24, 2.45) is 0 Å². The van der Waals surface area contributed by atoms with Gasteiger partial charge in [-0.15, -0.1) is 0 Å². The average molecular weight is 754 g/mol. The molecule has 5 nitrogen and oxygen atoms in total. The highest BCUT2D eigenvalue weighted by Crippen LogP contribution is 2.50. The van der Waals surface area contributed by atoms with Gasteiger partial charge in [0.25, 0.3) is 0 Å². The van der Waals surface area contributed by atoms with Gasteiger partial charge in [-0.25, -0.2) is 0 Å². The molecular formula is C40H27BBr2N2O3. The summed E-state index contributed by atoms with van der Waals surface area (Å²) in [5.41, 5.74) is 8.45. The van der Waals surface area contributed by atoms with E-state index in [9.17, 15) is 0 Å². The van der Waals surface area contributed by atoms with Gasteiger partial charge in [-0.2, -0.15) is 0 Å². The molecule has 0 saturated carbocycles.